The van der Waals surface area contributed by atoms with Crippen LogP contribution in [0.3, 0.4) is 0 Å². The third kappa shape index (κ3) is 5.53. The summed E-state index contributed by atoms with van der Waals surface area (Å²) in [5.74, 6) is 1.94. The number of hydrogen-bond donors (Lipinski definition) is 1. The van der Waals surface area contributed by atoms with Gasteiger partial charge in [0.05, 0.1) is 15.9 Å². The fourth-order valence-corrected chi connectivity index (χ4v) is 7.82. The molecule has 1 aliphatic heterocycles. The zero-order chi connectivity index (χ0) is 26.8. The number of aromatic nitrogens is 2. The smallest absolute Gasteiger partial charge is 0.240 e. The van der Waals surface area contributed by atoms with Gasteiger partial charge in [-0.05, 0) is 87.2 Å². The number of imidazole rings is 1. The summed E-state index contributed by atoms with van der Waals surface area (Å²) in [5, 5.41) is 0. The highest BCUT2D eigenvalue weighted by molar-refractivity contribution is 7.89. The van der Waals surface area contributed by atoms with Crippen LogP contribution in [0, 0.1) is 12.8 Å². The zero-order valence-electron chi connectivity index (χ0n) is 22.6. The largest absolute Gasteiger partial charge is 0.325 e. The van der Waals surface area contributed by atoms with Gasteiger partial charge in [-0.3, -0.25) is 0 Å². The molecule has 4 aromatic rings. The second-order valence-electron chi connectivity index (χ2n) is 11.2. The first kappa shape index (κ1) is 26.2. The summed E-state index contributed by atoms with van der Waals surface area (Å²) in [4.78, 5) is 7.86. The van der Waals surface area contributed by atoms with Crippen LogP contribution in [0.25, 0.3) is 11.0 Å². The average Bonchev–Trinajstić information content (AvgIpc) is 3.22. The summed E-state index contributed by atoms with van der Waals surface area (Å²) in [6, 6.07) is 28.6. The van der Waals surface area contributed by atoms with E-state index in [2.05, 4.69) is 57.5 Å². The highest BCUT2D eigenvalue weighted by Crippen LogP contribution is 2.43. The van der Waals surface area contributed by atoms with Crippen molar-refractivity contribution < 1.29 is 8.42 Å². The second kappa shape index (κ2) is 11.2. The monoisotopic (exact) mass is 542 g/mol. The van der Waals surface area contributed by atoms with Gasteiger partial charge in [0.2, 0.25) is 10.0 Å². The van der Waals surface area contributed by atoms with Gasteiger partial charge < -0.3 is 9.47 Å². The molecule has 0 bridgehead atoms. The molecule has 2 heterocycles. The van der Waals surface area contributed by atoms with E-state index in [1.807, 2.05) is 24.3 Å². The van der Waals surface area contributed by atoms with E-state index in [0.29, 0.717) is 29.4 Å². The Hall–Kier alpha value is -3.00. The zero-order valence-corrected chi connectivity index (χ0v) is 23.4. The second-order valence-corrected chi connectivity index (χ2v) is 13.0. The first-order valence-corrected chi connectivity index (χ1v) is 15.8. The lowest BCUT2D eigenvalue weighted by atomic mass is 9.75. The van der Waals surface area contributed by atoms with Crippen LogP contribution in [0.1, 0.15) is 55.5 Å². The number of sulfonamides is 1. The maximum absolute atomic E-state index is 13.0. The Labute approximate surface area is 232 Å². The lowest BCUT2D eigenvalue weighted by molar-refractivity contribution is 0.0701. The normalized spacial score (nSPS) is 22.6. The van der Waals surface area contributed by atoms with E-state index in [-0.39, 0.29) is 5.92 Å². The van der Waals surface area contributed by atoms with Gasteiger partial charge in [0, 0.05) is 25.2 Å². The summed E-state index contributed by atoms with van der Waals surface area (Å²) in [6.07, 6.45) is 5.80. The van der Waals surface area contributed by atoms with Gasteiger partial charge in [-0.25, -0.2) is 18.1 Å². The molecule has 6 nitrogen and oxygen atoms in total. The number of aryl methyl sites for hydroxylation is 1. The Morgan fingerprint density at radius 1 is 0.923 bits per heavy atom. The van der Waals surface area contributed by atoms with E-state index in [9.17, 15) is 8.42 Å². The van der Waals surface area contributed by atoms with Crippen molar-refractivity contribution in [3.8, 4) is 0 Å². The summed E-state index contributed by atoms with van der Waals surface area (Å²) in [5.41, 5.74) is 3.52. The summed E-state index contributed by atoms with van der Waals surface area (Å²) in [7, 11) is -3.55. The van der Waals surface area contributed by atoms with Crippen LogP contribution in [0.5, 0.6) is 0 Å². The maximum atomic E-state index is 13.0. The van der Waals surface area contributed by atoms with E-state index in [1.165, 1.54) is 30.3 Å². The standard InChI is InChI=1S/C32H38N4O2S/c1-24-34-30-14-8-9-15-32(30)36(24)28-19-21-35(31-17-16-26(31)22-28)20-18-27(25-10-4-2-5-11-25)23-33-39(37,38)29-12-6-3-7-13-29/h2-15,26-28,31,33H,16-23H2,1H3/t26-,27?,28-,31?/m0/s1. The van der Waals surface area contributed by atoms with Gasteiger partial charge in [-0.1, -0.05) is 60.7 Å². The highest BCUT2D eigenvalue weighted by atomic mass is 32.2. The number of fused-ring (bicyclic) bond motifs is 2. The van der Waals surface area contributed by atoms with Crippen molar-refractivity contribution in [2.75, 3.05) is 19.6 Å². The molecule has 1 saturated carbocycles. The molecule has 39 heavy (non-hydrogen) atoms. The number of para-hydroxylation sites is 2. The predicted octanol–water partition coefficient (Wildman–Crippen LogP) is 5.91. The molecular weight excluding hydrogens is 504 g/mol. The molecule has 4 atom stereocenters. The topological polar surface area (TPSA) is 67.2 Å². The summed E-state index contributed by atoms with van der Waals surface area (Å²) < 4.78 is 31.3. The van der Waals surface area contributed by atoms with Crippen LogP contribution in [-0.2, 0) is 10.0 Å². The predicted molar refractivity (Wildman–Crippen MR) is 156 cm³/mol. The molecule has 1 aromatic heterocycles. The number of likely N-dealkylation sites (tertiary alicyclic amines) is 1. The molecule has 2 unspecified atom stereocenters. The lowest BCUT2D eigenvalue weighted by Gasteiger charge is -2.43. The number of benzene rings is 3. The Bertz CT molecular complexity index is 1500. The number of hydrogen-bond acceptors (Lipinski definition) is 4. The van der Waals surface area contributed by atoms with Crippen molar-refractivity contribution >= 4 is 21.1 Å². The minimum atomic E-state index is -3.55. The number of nitrogens with one attached hydrogen (secondary N) is 1. The first-order valence-electron chi connectivity index (χ1n) is 14.3. The van der Waals surface area contributed by atoms with Gasteiger partial charge in [-0.15, -0.1) is 0 Å². The third-order valence-electron chi connectivity index (χ3n) is 8.92. The SMILES string of the molecule is Cc1nc2ccccc2n1[C@H]1CCN(CCC(CNS(=O)(=O)c2ccccc2)c2ccccc2)C2CC[C@H]2C1. The van der Waals surface area contributed by atoms with E-state index in [1.54, 1.807) is 24.3 Å². The van der Waals surface area contributed by atoms with Crippen LogP contribution < -0.4 is 4.72 Å². The van der Waals surface area contributed by atoms with Crippen molar-refractivity contribution in [3.63, 3.8) is 0 Å². The molecule has 3 aromatic carbocycles. The minimum Gasteiger partial charge on any atom is -0.325 e. The van der Waals surface area contributed by atoms with Crippen molar-refractivity contribution in [3.05, 3.63) is 96.3 Å². The molecule has 2 aliphatic rings. The van der Waals surface area contributed by atoms with E-state index in [0.717, 1.165) is 37.3 Å². The number of rotatable bonds is 9. The Balaban J connectivity index is 1.16. The van der Waals surface area contributed by atoms with Crippen LogP contribution in [0.4, 0.5) is 0 Å². The molecule has 0 amide bonds. The molecule has 1 aliphatic carbocycles. The fraction of sp³-hybridized carbons (Fsp3) is 0.406. The molecule has 7 heteroatoms. The number of nitrogens with zero attached hydrogens (tertiary/aromatic N) is 3. The van der Waals surface area contributed by atoms with Crippen LogP contribution in [0.15, 0.2) is 89.8 Å². The maximum Gasteiger partial charge on any atom is 0.240 e. The molecule has 6 rings (SSSR count). The molecule has 0 spiro atoms. The van der Waals surface area contributed by atoms with Gasteiger partial charge in [-0.2, -0.15) is 0 Å². The Morgan fingerprint density at radius 3 is 2.38 bits per heavy atom. The van der Waals surface area contributed by atoms with Gasteiger partial charge >= 0.3 is 0 Å². The molecule has 1 saturated heterocycles. The van der Waals surface area contributed by atoms with Crippen LogP contribution in [0.2, 0.25) is 0 Å². The van der Waals surface area contributed by atoms with Crippen LogP contribution >= 0.6 is 0 Å². The fourth-order valence-electron chi connectivity index (χ4n) is 6.72. The van der Waals surface area contributed by atoms with E-state index < -0.39 is 10.0 Å². The molecular formula is C32H38N4O2S. The molecule has 204 valence electrons. The Morgan fingerprint density at radius 2 is 1.64 bits per heavy atom. The van der Waals surface area contributed by atoms with Crippen molar-refractivity contribution in [2.45, 2.75) is 61.9 Å². The third-order valence-corrected chi connectivity index (χ3v) is 10.4. The van der Waals surface area contributed by atoms with Crippen molar-refractivity contribution in [1.82, 2.24) is 19.2 Å². The highest BCUT2D eigenvalue weighted by Gasteiger charge is 2.40. The minimum absolute atomic E-state index is 0.113. The van der Waals surface area contributed by atoms with Crippen molar-refractivity contribution in [1.29, 1.82) is 0 Å². The molecule has 2 fully saturated rings. The van der Waals surface area contributed by atoms with Gasteiger partial charge in [0.25, 0.3) is 0 Å². The van der Waals surface area contributed by atoms with Gasteiger partial charge in [0.1, 0.15) is 5.82 Å². The van der Waals surface area contributed by atoms with E-state index in [4.69, 9.17) is 4.98 Å². The lowest BCUT2D eigenvalue weighted by Crippen LogP contribution is -2.46. The Kier molecular flexibility index (Phi) is 7.56. The molecule has 1 N–H and O–H groups in total. The average molecular weight is 543 g/mol. The first-order chi connectivity index (χ1) is 19.0. The quantitative estimate of drug-likeness (QED) is 0.285. The molecule has 0 radical (unpaired) electrons. The summed E-state index contributed by atoms with van der Waals surface area (Å²) >= 11 is 0. The van der Waals surface area contributed by atoms with Crippen LogP contribution in [-0.4, -0.2) is 48.5 Å². The summed E-state index contributed by atoms with van der Waals surface area (Å²) in [6.45, 7) is 4.58. The van der Waals surface area contributed by atoms with Gasteiger partial charge in [0.15, 0.2) is 0 Å². The van der Waals surface area contributed by atoms with Crippen molar-refractivity contribution in [2.24, 2.45) is 5.92 Å². The van der Waals surface area contributed by atoms with E-state index >= 15 is 0 Å².